The van der Waals surface area contributed by atoms with E-state index in [9.17, 15) is 5.26 Å². The molecule has 3 aliphatic heterocycles. The van der Waals surface area contributed by atoms with Gasteiger partial charge in [0, 0.05) is 66.5 Å². The van der Waals surface area contributed by atoms with E-state index in [1.165, 1.54) is 25.0 Å². The molecule has 4 fully saturated rings. The van der Waals surface area contributed by atoms with Crippen molar-refractivity contribution >= 4 is 28.4 Å². The number of H-pyrrole nitrogens is 1. The summed E-state index contributed by atoms with van der Waals surface area (Å²) in [4.78, 5) is 19.5. The summed E-state index contributed by atoms with van der Waals surface area (Å²) in [5.74, 6) is 4.32. The Kier molecular flexibility index (Phi) is 6.19. The lowest BCUT2D eigenvalue weighted by Gasteiger charge is -2.56. The summed E-state index contributed by atoms with van der Waals surface area (Å²) in [6.45, 7) is 2.69. The second-order valence-corrected chi connectivity index (χ2v) is 11.7. The number of methoxy groups -OCH3 is 1. The smallest absolute Gasteiger partial charge is 0.163 e. The molecule has 6 heterocycles. The number of benzene rings is 2. The van der Waals surface area contributed by atoms with Gasteiger partial charge in [0.1, 0.15) is 23.5 Å². The zero-order valence-electron chi connectivity index (χ0n) is 23.9. The highest BCUT2D eigenvalue weighted by Crippen LogP contribution is 2.40. The van der Waals surface area contributed by atoms with Crippen LogP contribution in [0.25, 0.3) is 22.3 Å². The van der Waals surface area contributed by atoms with E-state index in [-0.39, 0.29) is 0 Å². The summed E-state index contributed by atoms with van der Waals surface area (Å²) >= 11 is 0. The SMILES string of the molecule is COc1ccc(CN2C3CC2CN(c2ccc(-c4nc(Nc5cc(C6CC6)[nH]n5)c5ccccc5n4)cn2)C3)cc1C#N. The minimum absolute atomic E-state index is 0.466. The minimum Gasteiger partial charge on any atom is -0.495 e. The lowest BCUT2D eigenvalue weighted by Crippen LogP contribution is -2.68. The van der Waals surface area contributed by atoms with E-state index in [1.54, 1.807) is 7.11 Å². The normalized spacial score (nSPS) is 19.6. The van der Waals surface area contributed by atoms with Gasteiger partial charge in [-0.25, -0.2) is 15.0 Å². The first kappa shape index (κ1) is 25.7. The first-order valence-corrected chi connectivity index (χ1v) is 14.8. The third-order valence-corrected chi connectivity index (χ3v) is 8.89. The molecule has 2 unspecified atom stereocenters. The van der Waals surface area contributed by atoms with Gasteiger partial charge < -0.3 is 15.0 Å². The van der Waals surface area contributed by atoms with Crippen LogP contribution in [0.15, 0.2) is 66.9 Å². The Morgan fingerprint density at radius 3 is 2.67 bits per heavy atom. The van der Waals surface area contributed by atoms with E-state index in [1.807, 2.05) is 42.6 Å². The molecule has 0 amide bonds. The predicted molar refractivity (Wildman–Crippen MR) is 164 cm³/mol. The Balaban J connectivity index is 0.981. The molecule has 0 radical (unpaired) electrons. The molecule has 3 saturated heterocycles. The highest BCUT2D eigenvalue weighted by atomic mass is 16.5. The van der Waals surface area contributed by atoms with Crippen LogP contribution < -0.4 is 15.0 Å². The average Bonchev–Trinajstić information content (AvgIpc) is 3.81. The number of rotatable bonds is 8. The molecule has 1 saturated carbocycles. The highest BCUT2D eigenvalue weighted by molar-refractivity contribution is 5.92. The molecule has 0 spiro atoms. The standard InChI is InChI=1S/C33H31N9O/c1-43-29-10-6-20(12-23(29)15-34)17-42-24-13-25(42)19-41(18-24)31-11-9-22(16-35-31)32-36-27-5-3-2-4-26(27)33(38-32)37-30-14-28(39-40-30)21-7-8-21/h2-6,9-12,14,16,21,24-25H,7-8,13,17-19H2,1H3,(H2,36,37,38,39,40). The van der Waals surface area contributed by atoms with Crippen molar-refractivity contribution in [2.75, 3.05) is 30.4 Å². The van der Waals surface area contributed by atoms with Crippen molar-refractivity contribution in [2.45, 2.75) is 43.8 Å². The van der Waals surface area contributed by atoms with Crippen molar-refractivity contribution in [3.05, 3.63) is 83.7 Å². The molecular weight excluding hydrogens is 538 g/mol. The third kappa shape index (κ3) is 4.81. The maximum Gasteiger partial charge on any atom is 0.163 e. The minimum atomic E-state index is 0.466. The van der Waals surface area contributed by atoms with Crippen LogP contribution in [0.1, 0.15) is 42.0 Å². The van der Waals surface area contributed by atoms with Crippen molar-refractivity contribution < 1.29 is 4.74 Å². The fourth-order valence-corrected chi connectivity index (χ4v) is 6.42. The highest BCUT2D eigenvalue weighted by Gasteiger charge is 2.44. The molecule has 3 aromatic heterocycles. The van der Waals surface area contributed by atoms with E-state index in [4.69, 9.17) is 19.7 Å². The molecule has 2 atom stereocenters. The number of nitrogens with one attached hydrogen (secondary N) is 2. The number of nitriles is 1. The summed E-state index contributed by atoms with van der Waals surface area (Å²) in [7, 11) is 1.60. The van der Waals surface area contributed by atoms with E-state index in [0.29, 0.717) is 35.1 Å². The van der Waals surface area contributed by atoms with E-state index < -0.39 is 0 Å². The number of nitrogens with zero attached hydrogens (tertiary/aromatic N) is 7. The second-order valence-electron chi connectivity index (χ2n) is 11.7. The van der Waals surface area contributed by atoms with Crippen LogP contribution in [-0.2, 0) is 6.54 Å². The molecule has 4 aliphatic rings. The number of hydrogen-bond acceptors (Lipinski definition) is 9. The zero-order chi connectivity index (χ0) is 28.9. The van der Waals surface area contributed by atoms with Gasteiger partial charge in [-0.05, 0) is 61.2 Å². The zero-order valence-corrected chi connectivity index (χ0v) is 23.9. The molecule has 2 aromatic carbocycles. The molecule has 2 N–H and O–H groups in total. The number of pyridine rings is 1. The third-order valence-electron chi connectivity index (χ3n) is 8.89. The van der Waals surface area contributed by atoms with Gasteiger partial charge in [0.05, 0.1) is 18.2 Å². The number of aromatic amines is 1. The molecule has 214 valence electrons. The number of ether oxygens (including phenoxy) is 1. The van der Waals surface area contributed by atoms with Crippen LogP contribution in [0, 0.1) is 11.3 Å². The Morgan fingerprint density at radius 2 is 1.91 bits per heavy atom. The molecule has 2 bridgehead atoms. The topological polar surface area (TPSA) is 119 Å². The van der Waals surface area contributed by atoms with Crippen LogP contribution in [0.3, 0.4) is 0 Å². The van der Waals surface area contributed by atoms with Crippen LogP contribution in [0.2, 0.25) is 0 Å². The van der Waals surface area contributed by atoms with Crippen LogP contribution in [0.5, 0.6) is 5.75 Å². The number of para-hydroxylation sites is 1. The molecular formula is C33H31N9O. The fourth-order valence-electron chi connectivity index (χ4n) is 6.42. The Labute approximate surface area is 249 Å². The maximum atomic E-state index is 9.46. The Hall–Kier alpha value is -5.01. The second kappa shape index (κ2) is 10.4. The van der Waals surface area contributed by atoms with Gasteiger partial charge in [-0.3, -0.25) is 10.00 Å². The van der Waals surface area contributed by atoms with E-state index in [0.717, 1.165) is 59.1 Å². The van der Waals surface area contributed by atoms with Crippen LogP contribution in [-0.4, -0.2) is 62.3 Å². The number of fused-ring (bicyclic) bond motifs is 3. The number of piperazine rings is 1. The molecule has 10 nitrogen and oxygen atoms in total. The quantitative estimate of drug-likeness (QED) is 0.254. The van der Waals surface area contributed by atoms with Crippen LogP contribution >= 0.6 is 0 Å². The van der Waals surface area contributed by atoms with Gasteiger partial charge in [0.15, 0.2) is 11.6 Å². The van der Waals surface area contributed by atoms with Gasteiger partial charge in [-0.2, -0.15) is 10.4 Å². The average molecular weight is 570 g/mol. The predicted octanol–water partition coefficient (Wildman–Crippen LogP) is 5.38. The number of hydrogen-bond donors (Lipinski definition) is 2. The fraction of sp³-hybridized carbons (Fsp3) is 0.303. The first-order chi connectivity index (χ1) is 21.1. The molecule has 1 aliphatic carbocycles. The summed E-state index contributed by atoms with van der Waals surface area (Å²) in [6, 6.07) is 23.3. The van der Waals surface area contributed by atoms with Crippen molar-refractivity contribution in [2.24, 2.45) is 0 Å². The van der Waals surface area contributed by atoms with Gasteiger partial charge in [-0.1, -0.05) is 18.2 Å². The van der Waals surface area contributed by atoms with E-state index >= 15 is 0 Å². The van der Waals surface area contributed by atoms with E-state index in [2.05, 4.69) is 55.6 Å². The Bertz CT molecular complexity index is 1850. The monoisotopic (exact) mass is 569 g/mol. The summed E-state index contributed by atoms with van der Waals surface area (Å²) < 4.78 is 5.30. The number of aromatic nitrogens is 5. The van der Waals surface area contributed by atoms with Crippen molar-refractivity contribution in [3.63, 3.8) is 0 Å². The first-order valence-electron chi connectivity index (χ1n) is 14.8. The molecule has 5 aromatic rings. The van der Waals surface area contributed by atoms with Crippen molar-refractivity contribution in [1.82, 2.24) is 30.0 Å². The molecule has 9 rings (SSSR count). The lowest BCUT2D eigenvalue weighted by atomic mass is 9.86. The summed E-state index contributed by atoms with van der Waals surface area (Å²) in [5, 5.41) is 21.4. The largest absolute Gasteiger partial charge is 0.495 e. The number of piperidine rings is 1. The van der Waals surface area contributed by atoms with Crippen molar-refractivity contribution in [1.29, 1.82) is 5.26 Å². The summed E-state index contributed by atoms with van der Waals surface area (Å²) in [6.07, 6.45) is 5.50. The van der Waals surface area contributed by atoms with Gasteiger partial charge >= 0.3 is 0 Å². The number of anilines is 3. The van der Waals surface area contributed by atoms with Gasteiger partial charge in [0.25, 0.3) is 0 Å². The van der Waals surface area contributed by atoms with Crippen LogP contribution in [0.4, 0.5) is 17.5 Å². The van der Waals surface area contributed by atoms with Crippen molar-refractivity contribution in [3.8, 4) is 23.2 Å². The maximum absolute atomic E-state index is 9.46. The van der Waals surface area contributed by atoms with Gasteiger partial charge in [-0.15, -0.1) is 0 Å². The molecule has 43 heavy (non-hydrogen) atoms. The lowest BCUT2D eigenvalue weighted by molar-refractivity contribution is -0.00869. The van der Waals surface area contributed by atoms with Gasteiger partial charge in [0.2, 0.25) is 0 Å². The molecule has 10 heteroatoms. The summed E-state index contributed by atoms with van der Waals surface area (Å²) in [5.41, 5.74) is 4.64. The Morgan fingerprint density at radius 1 is 1.05 bits per heavy atom.